The van der Waals surface area contributed by atoms with Crippen molar-refractivity contribution in [3.05, 3.63) is 50.0 Å². The Hall–Kier alpha value is -0.860. The Balaban J connectivity index is 1.72. The van der Waals surface area contributed by atoms with Crippen LogP contribution in [0.1, 0.15) is 0 Å². The number of hydrogen-bond acceptors (Lipinski definition) is 5. The first kappa shape index (κ1) is 17.9. The van der Waals surface area contributed by atoms with Gasteiger partial charge in [-0.2, -0.15) is 0 Å². The van der Waals surface area contributed by atoms with Crippen LogP contribution in [-0.4, -0.2) is 25.3 Å². The van der Waals surface area contributed by atoms with Gasteiger partial charge in [0.2, 0.25) is 0 Å². The molecule has 0 radical (unpaired) electrons. The first-order valence-corrected chi connectivity index (χ1v) is 10.8. The minimum atomic E-state index is -1.26. The third-order valence-electron chi connectivity index (χ3n) is 3.30. The van der Waals surface area contributed by atoms with Gasteiger partial charge in [-0.05, 0) is 29.6 Å². The molecule has 1 unspecified atom stereocenters. The maximum atomic E-state index is 12.4. The maximum Gasteiger partial charge on any atom is 0.262 e. The standard InChI is InChI=1S/C15H12Cl2N2O2S3/c1-19-14(20)10-4-5-22-13(10)18-15(19)23-6-7-24(21)12-8-9(16)2-3-11(12)17/h2-5,8H,6-7H2,1H3. The number of aromatic nitrogens is 2. The Labute approximate surface area is 159 Å². The summed E-state index contributed by atoms with van der Waals surface area (Å²) >= 11 is 14.8. The van der Waals surface area contributed by atoms with Crippen molar-refractivity contribution in [3.63, 3.8) is 0 Å². The molecule has 0 fully saturated rings. The summed E-state index contributed by atoms with van der Waals surface area (Å²) in [4.78, 5) is 18.0. The van der Waals surface area contributed by atoms with Crippen LogP contribution >= 0.6 is 46.3 Å². The Bertz CT molecular complexity index is 984. The van der Waals surface area contributed by atoms with E-state index in [2.05, 4.69) is 4.98 Å². The van der Waals surface area contributed by atoms with Crippen LogP contribution in [0, 0.1) is 0 Å². The summed E-state index contributed by atoms with van der Waals surface area (Å²) in [6.45, 7) is 0. The Kier molecular flexibility index (Phi) is 5.66. The van der Waals surface area contributed by atoms with E-state index in [1.165, 1.54) is 27.7 Å². The van der Waals surface area contributed by atoms with Crippen molar-refractivity contribution in [1.29, 1.82) is 0 Å². The van der Waals surface area contributed by atoms with Crippen molar-refractivity contribution in [2.24, 2.45) is 7.05 Å². The molecular weight excluding hydrogens is 407 g/mol. The summed E-state index contributed by atoms with van der Waals surface area (Å²) in [5.74, 6) is 0.940. The second kappa shape index (κ2) is 7.58. The zero-order valence-corrected chi connectivity index (χ0v) is 16.5. The Morgan fingerprint density at radius 3 is 2.92 bits per heavy atom. The van der Waals surface area contributed by atoms with E-state index in [-0.39, 0.29) is 5.56 Å². The van der Waals surface area contributed by atoms with Gasteiger partial charge in [0.1, 0.15) is 4.83 Å². The van der Waals surface area contributed by atoms with Crippen LogP contribution < -0.4 is 5.56 Å². The Morgan fingerprint density at radius 2 is 2.12 bits per heavy atom. The van der Waals surface area contributed by atoms with Crippen LogP contribution in [0.25, 0.3) is 10.2 Å². The van der Waals surface area contributed by atoms with Crippen molar-refractivity contribution in [2.45, 2.75) is 10.1 Å². The van der Waals surface area contributed by atoms with E-state index in [4.69, 9.17) is 23.2 Å². The van der Waals surface area contributed by atoms with Crippen LogP contribution in [0.3, 0.4) is 0 Å². The fraction of sp³-hybridized carbons (Fsp3) is 0.200. The molecule has 0 amide bonds. The average molecular weight is 419 g/mol. The zero-order chi connectivity index (χ0) is 17.3. The van der Waals surface area contributed by atoms with E-state index in [1.54, 1.807) is 31.3 Å². The Morgan fingerprint density at radius 1 is 1.33 bits per heavy atom. The van der Waals surface area contributed by atoms with Gasteiger partial charge in [0.15, 0.2) is 5.16 Å². The number of fused-ring (bicyclic) bond motifs is 1. The molecule has 2 heterocycles. The molecule has 0 saturated heterocycles. The third kappa shape index (κ3) is 3.70. The number of hydrogen-bond donors (Lipinski definition) is 0. The molecular formula is C15H12Cl2N2O2S3. The first-order chi connectivity index (χ1) is 11.5. The van der Waals surface area contributed by atoms with Gasteiger partial charge in [-0.25, -0.2) is 4.98 Å². The number of rotatable bonds is 5. The molecule has 0 N–H and O–H groups in total. The minimum absolute atomic E-state index is 0.0669. The number of thiophene rings is 1. The molecule has 9 heteroatoms. The van der Waals surface area contributed by atoms with Crippen molar-refractivity contribution >= 4 is 67.3 Å². The highest BCUT2D eigenvalue weighted by Gasteiger charge is 2.12. The molecule has 4 nitrogen and oxygen atoms in total. The van der Waals surface area contributed by atoms with Gasteiger partial charge < -0.3 is 0 Å². The van der Waals surface area contributed by atoms with E-state index >= 15 is 0 Å². The van der Waals surface area contributed by atoms with Crippen LogP contribution in [0.4, 0.5) is 0 Å². The van der Waals surface area contributed by atoms with E-state index in [0.717, 1.165) is 4.83 Å². The smallest absolute Gasteiger partial charge is 0.262 e. The zero-order valence-electron chi connectivity index (χ0n) is 12.5. The molecule has 0 aliphatic carbocycles. The molecule has 0 bridgehead atoms. The molecule has 2 aromatic heterocycles. The van der Waals surface area contributed by atoms with E-state index in [9.17, 15) is 9.00 Å². The third-order valence-corrected chi connectivity index (χ3v) is 7.48. The maximum absolute atomic E-state index is 12.4. The van der Waals surface area contributed by atoms with Crippen LogP contribution in [0.15, 0.2) is 44.5 Å². The lowest BCUT2D eigenvalue weighted by molar-refractivity contribution is 0.684. The quantitative estimate of drug-likeness (QED) is 0.460. The lowest BCUT2D eigenvalue weighted by Gasteiger charge is -2.08. The van der Waals surface area contributed by atoms with E-state index in [1.807, 2.05) is 5.38 Å². The summed E-state index contributed by atoms with van der Waals surface area (Å²) in [6, 6.07) is 6.70. The van der Waals surface area contributed by atoms with Crippen molar-refractivity contribution < 1.29 is 4.21 Å². The van der Waals surface area contributed by atoms with Gasteiger partial charge in [-0.15, -0.1) is 11.3 Å². The average Bonchev–Trinajstić information content (AvgIpc) is 3.02. The summed E-state index contributed by atoms with van der Waals surface area (Å²) in [5, 5.41) is 4.03. The normalized spacial score (nSPS) is 12.6. The fourth-order valence-corrected chi connectivity index (χ4v) is 5.82. The lowest BCUT2D eigenvalue weighted by Crippen LogP contribution is -2.19. The summed E-state index contributed by atoms with van der Waals surface area (Å²) < 4.78 is 13.9. The number of nitrogens with zero attached hydrogens (tertiary/aromatic N) is 2. The highest BCUT2D eigenvalue weighted by Crippen LogP contribution is 2.25. The molecule has 1 atom stereocenters. The minimum Gasteiger partial charge on any atom is -0.290 e. The summed E-state index contributed by atoms with van der Waals surface area (Å²) in [6.07, 6.45) is 0. The van der Waals surface area contributed by atoms with Gasteiger partial charge in [0.05, 0.1) is 26.1 Å². The molecule has 1 aromatic carbocycles. The molecule has 3 rings (SSSR count). The first-order valence-electron chi connectivity index (χ1n) is 6.88. The fourth-order valence-electron chi connectivity index (χ4n) is 2.08. The SMILES string of the molecule is Cn1c(SCCS(=O)c2cc(Cl)ccc2Cl)nc2sccc2c1=O. The van der Waals surface area contributed by atoms with Crippen molar-refractivity contribution in [2.75, 3.05) is 11.5 Å². The molecule has 3 aromatic rings. The highest BCUT2D eigenvalue weighted by atomic mass is 35.5. The highest BCUT2D eigenvalue weighted by molar-refractivity contribution is 8.00. The van der Waals surface area contributed by atoms with E-state index in [0.29, 0.717) is 37.0 Å². The molecule has 0 aliphatic heterocycles. The predicted octanol–water partition coefficient (Wildman–Crippen LogP) is 4.20. The van der Waals surface area contributed by atoms with Crippen LogP contribution in [-0.2, 0) is 17.8 Å². The number of benzene rings is 1. The number of thioether (sulfide) groups is 1. The largest absolute Gasteiger partial charge is 0.290 e. The van der Waals surface area contributed by atoms with Gasteiger partial charge in [-0.1, -0.05) is 35.0 Å². The van der Waals surface area contributed by atoms with Gasteiger partial charge in [0, 0.05) is 23.6 Å². The van der Waals surface area contributed by atoms with Gasteiger partial charge >= 0.3 is 0 Å². The lowest BCUT2D eigenvalue weighted by atomic mass is 10.4. The number of halogens is 2. The van der Waals surface area contributed by atoms with E-state index < -0.39 is 10.8 Å². The van der Waals surface area contributed by atoms with Crippen molar-refractivity contribution in [3.8, 4) is 0 Å². The second-order valence-corrected chi connectivity index (χ2v) is 9.21. The predicted molar refractivity (Wildman–Crippen MR) is 103 cm³/mol. The van der Waals surface area contributed by atoms with Gasteiger partial charge in [-0.3, -0.25) is 13.6 Å². The van der Waals surface area contributed by atoms with Crippen molar-refractivity contribution in [1.82, 2.24) is 9.55 Å². The van der Waals surface area contributed by atoms with Gasteiger partial charge in [0.25, 0.3) is 5.56 Å². The topological polar surface area (TPSA) is 52.0 Å². The summed E-state index contributed by atoms with van der Waals surface area (Å²) in [5.41, 5.74) is -0.0669. The van der Waals surface area contributed by atoms with Crippen LogP contribution in [0.2, 0.25) is 10.0 Å². The molecule has 24 heavy (non-hydrogen) atoms. The second-order valence-electron chi connectivity index (χ2n) is 4.87. The van der Waals surface area contributed by atoms with Crippen LogP contribution in [0.5, 0.6) is 0 Å². The molecule has 0 saturated carbocycles. The summed E-state index contributed by atoms with van der Waals surface area (Å²) in [7, 11) is 0.434. The molecule has 0 aliphatic rings. The monoisotopic (exact) mass is 418 g/mol. The molecule has 126 valence electrons. The molecule has 0 spiro atoms.